The minimum Gasteiger partial charge on any atom is -0.459 e. The smallest absolute Gasteiger partial charge is 0.338 e. The molecule has 7 atom stereocenters. The zero-order chi connectivity index (χ0) is 31.0. The van der Waals surface area contributed by atoms with Gasteiger partial charge in [-0.2, -0.15) is 0 Å². The molecule has 0 radical (unpaired) electrons. The number of ether oxygens (including phenoxy) is 4. The lowest BCUT2D eigenvalue weighted by Crippen LogP contribution is -2.71. The highest BCUT2D eigenvalue weighted by molar-refractivity contribution is 6.03. The number of rotatable bonds is 3. The van der Waals surface area contributed by atoms with Crippen LogP contribution in [0.3, 0.4) is 0 Å². The van der Waals surface area contributed by atoms with Crippen LogP contribution < -0.4 is 0 Å². The fraction of sp³-hybridized carbons (Fsp3) is 0.516. The molecular formula is C31H34O11. The summed E-state index contributed by atoms with van der Waals surface area (Å²) >= 11 is 0. The average molecular weight is 583 g/mol. The summed E-state index contributed by atoms with van der Waals surface area (Å²) in [4.78, 5) is 66.4. The van der Waals surface area contributed by atoms with Gasteiger partial charge >= 0.3 is 17.9 Å². The van der Waals surface area contributed by atoms with Crippen LogP contribution in [0.25, 0.3) is 0 Å². The Morgan fingerprint density at radius 2 is 1.64 bits per heavy atom. The molecule has 1 aromatic carbocycles. The summed E-state index contributed by atoms with van der Waals surface area (Å²) < 4.78 is 23.2. The minimum absolute atomic E-state index is 0.0317. The van der Waals surface area contributed by atoms with Gasteiger partial charge in [-0.05, 0) is 50.1 Å². The monoisotopic (exact) mass is 582 g/mol. The standard InChI is InChI=1S/C31H34O11/c1-16-19(33)14-31(38)25(41-26(36)18-10-8-7-9-11-18)23-28(5,24(35)22(40-17(2)32)21(16)27(31,3)4)29(6,37)42-30(23)13-12-20(34)39-15-30/h7-13,22-23,25,37-38H,14-15H2,1-6H3/t22-,23+,25+,28-,29-,30-,31-/m1/s1. The number of benzene rings is 1. The van der Waals surface area contributed by atoms with Crippen LogP contribution in [0.4, 0.5) is 0 Å². The van der Waals surface area contributed by atoms with Gasteiger partial charge in [-0.15, -0.1) is 0 Å². The lowest BCUT2D eigenvalue weighted by molar-refractivity contribution is -0.242. The number of cyclic esters (lactones) is 1. The lowest BCUT2D eigenvalue weighted by atomic mass is 9.48. The normalized spacial score (nSPS) is 38.9. The first-order valence-electron chi connectivity index (χ1n) is 13.7. The van der Waals surface area contributed by atoms with Gasteiger partial charge in [-0.1, -0.05) is 32.0 Å². The third-order valence-electron chi connectivity index (χ3n) is 9.76. The molecule has 2 fully saturated rings. The third kappa shape index (κ3) is 3.94. The van der Waals surface area contributed by atoms with Gasteiger partial charge in [0, 0.05) is 24.8 Å². The van der Waals surface area contributed by atoms with Crippen molar-refractivity contribution in [2.24, 2.45) is 16.7 Å². The van der Waals surface area contributed by atoms with E-state index in [0.717, 1.165) is 13.0 Å². The largest absolute Gasteiger partial charge is 0.459 e. The van der Waals surface area contributed by atoms with Crippen molar-refractivity contribution in [1.29, 1.82) is 0 Å². The molecule has 224 valence electrons. The van der Waals surface area contributed by atoms with Crippen molar-refractivity contribution >= 4 is 29.5 Å². The van der Waals surface area contributed by atoms with Crippen LogP contribution in [0, 0.1) is 16.7 Å². The van der Waals surface area contributed by atoms with E-state index in [-0.39, 0.29) is 16.7 Å². The molecule has 1 spiro atoms. The number of hydrogen-bond acceptors (Lipinski definition) is 11. The summed E-state index contributed by atoms with van der Waals surface area (Å²) in [6.07, 6.45) is -1.55. The quantitative estimate of drug-likeness (QED) is 0.396. The second-order valence-corrected chi connectivity index (χ2v) is 12.4. The molecule has 2 aliphatic carbocycles. The van der Waals surface area contributed by atoms with Crippen molar-refractivity contribution in [3.63, 3.8) is 0 Å². The van der Waals surface area contributed by atoms with E-state index in [0.29, 0.717) is 0 Å². The molecule has 2 N–H and O–H groups in total. The van der Waals surface area contributed by atoms with Crippen molar-refractivity contribution in [3.8, 4) is 0 Å². The van der Waals surface area contributed by atoms with Crippen LogP contribution in [0.15, 0.2) is 53.6 Å². The molecule has 0 aromatic heterocycles. The lowest BCUT2D eigenvalue weighted by Gasteiger charge is -2.58. The van der Waals surface area contributed by atoms with Gasteiger partial charge in [0.05, 0.1) is 16.9 Å². The number of aliphatic hydroxyl groups is 2. The first-order valence-corrected chi connectivity index (χ1v) is 13.7. The Morgan fingerprint density at radius 1 is 1.00 bits per heavy atom. The van der Waals surface area contributed by atoms with E-state index < -0.39 is 88.4 Å². The molecule has 42 heavy (non-hydrogen) atoms. The first kappa shape index (κ1) is 29.8. The Hall–Kier alpha value is -3.67. The van der Waals surface area contributed by atoms with Crippen LogP contribution in [-0.2, 0) is 38.1 Å². The molecule has 0 unspecified atom stereocenters. The molecule has 1 saturated heterocycles. The van der Waals surface area contributed by atoms with E-state index in [1.165, 1.54) is 39.0 Å². The summed E-state index contributed by atoms with van der Waals surface area (Å²) in [7, 11) is 0. The van der Waals surface area contributed by atoms with Gasteiger partial charge in [-0.25, -0.2) is 9.59 Å². The number of carbonyl (C=O) groups excluding carboxylic acids is 5. The molecule has 11 nitrogen and oxygen atoms in total. The maximum absolute atomic E-state index is 14.8. The predicted octanol–water partition coefficient (Wildman–Crippen LogP) is 1.99. The molecule has 5 rings (SSSR count). The van der Waals surface area contributed by atoms with Crippen molar-refractivity contribution in [1.82, 2.24) is 0 Å². The molecule has 1 saturated carbocycles. The average Bonchev–Trinajstić information content (AvgIpc) is 3.08. The number of carbonyl (C=O) groups is 5. The molecule has 11 heteroatoms. The van der Waals surface area contributed by atoms with E-state index in [4.69, 9.17) is 18.9 Å². The Labute approximate surface area is 242 Å². The number of fused-ring (bicyclic) bond motifs is 4. The Kier molecular flexibility index (Phi) is 6.68. The topological polar surface area (TPSA) is 163 Å². The Bertz CT molecular complexity index is 1450. The number of Topliss-reactive ketones (excluding diaryl/α,β-unsaturated/α-hetero) is 2. The summed E-state index contributed by atoms with van der Waals surface area (Å²) in [5.41, 5.74) is -7.31. The second-order valence-electron chi connectivity index (χ2n) is 12.4. The first-order chi connectivity index (χ1) is 19.4. The van der Waals surface area contributed by atoms with E-state index in [1.807, 2.05) is 0 Å². The van der Waals surface area contributed by atoms with Gasteiger partial charge in [-0.3, -0.25) is 14.4 Å². The predicted molar refractivity (Wildman–Crippen MR) is 143 cm³/mol. The Balaban J connectivity index is 1.86. The van der Waals surface area contributed by atoms with Gasteiger partial charge in [0.1, 0.15) is 23.9 Å². The number of esters is 3. The molecule has 4 aliphatic rings. The van der Waals surface area contributed by atoms with Crippen LogP contribution in [-0.4, -0.2) is 75.5 Å². The van der Waals surface area contributed by atoms with E-state index >= 15 is 0 Å². The van der Waals surface area contributed by atoms with Gasteiger partial charge in [0.2, 0.25) is 0 Å². The maximum atomic E-state index is 14.8. The molecule has 2 heterocycles. The summed E-state index contributed by atoms with van der Waals surface area (Å²) in [5, 5.41) is 24.6. The molecular weight excluding hydrogens is 548 g/mol. The fourth-order valence-corrected chi connectivity index (χ4v) is 7.32. The van der Waals surface area contributed by atoms with Gasteiger partial charge in [0.25, 0.3) is 0 Å². The van der Waals surface area contributed by atoms with Crippen molar-refractivity contribution in [2.75, 3.05) is 6.61 Å². The summed E-state index contributed by atoms with van der Waals surface area (Å²) in [6, 6.07) is 7.94. The van der Waals surface area contributed by atoms with E-state index in [9.17, 15) is 34.2 Å². The molecule has 0 amide bonds. The van der Waals surface area contributed by atoms with Crippen molar-refractivity contribution < 1.29 is 53.1 Å². The fourth-order valence-electron chi connectivity index (χ4n) is 7.32. The van der Waals surface area contributed by atoms with Crippen LogP contribution in [0.5, 0.6) is 0 Å². The highest BCUT2D eigenvalue weighted by Gasteiger charge is 2.79. The van der Waals surface area contributed by atoms with Crippen LogP contribution in [0.1, 0.15) is 58.3 Å². The SMILES string of the molecule is CC(=O)O[C@H]1C(=O)[C@@]2(C)[C@H]([C@H](OC(=O)c3ccccc3)[C@]3(O)CC(=O)C(C)=C1C3(C)C)[C@]1(C=CC(=O)OC1)O[C@@]2(C)O. The number of allylic oxidation sites excluding steroid dienone is 1. The third-order valence-corrected chi connectivity index (χ3v) is 9.76. The van der Waals surface area contributed by atoms with Crippen LogP contribution in [0.2, 0.25) is 0 Å². The molecule has 1 aromatic rings. The van der Waals surface area contributed by atoms with E-state index in [2.05, 4.69) is 0 Å². The van der Waals surface area contributed by atoms with Crippen molar-refractivity contribution in [2.45, 2.75) is 77.2 Å². The van der Waals surface area contributed by atoms with Gasteiger partial charge < -0.3 is 29.2 Å². The number of hydrogen-bond donors (Lipinski definition) is 2. The summed E-state index contributed by atoms with van der Waals surface area (Å²) in [5.74, 6) is -7.57. The molecule has 2 aliphatic heterocycles. The summed E-state index contributed by atoms with van der Waals surface area (Å²) in [6.45, 7) is 7.82. The zero-order valence-corrected chi connectivity index (χ0v) is 24.3. The van der Waals surface area contributed by atoms with E-state index in [1.54, 1.807) is 32.0 Å². The highest BCUT2D eigenvalue weighted by Crippen LogP contribution is 2.65. The minimum atomic E-state index is -2.33. The second kappa shape index (κ2) is 9.42. The van der Waals surface area contributed by atoms with Crippen LogP contribution >= 0.6 is 0 Å². The molecule has 2 bridgehead atoms. The van der Waals surface area contributed by atoms with Crippen molar-refractivity contribution in [3.05, 3.63) is 59.2 Å². The highest BCUT2D eigenvalue weighted by atomic mass is 16.7. The maximum Gasteiger partial charge on any atom is 0.338 e. The zero-order valence-electron chi connectivity index (χ0n) is 24.3. The number of ketones is 2. The Morgan fingerprint density at radius 3 is 2.21 bits per heavy atom. The van der Waals surface area contributed by atoms with Gasteiger partial charge in [0.15, 0.2) is 23.5 Å².